The first-order chi connectivity index (χ1) is 9.65. The summed E-state index contributed by atoms with van der Waals surface area (Å²) in [4.78, 5) is 10.8. The van der Waals surface area contributed by atoms with E-state index < -0.39 is 5.97 Å². The van der Waals surface area contributed by atoms with Gasteiger partial charge in [0.1, 0.15) is 0 Å². The molecule has 104 valence electrons. The normalized spacial score (nSPS) is 17.8. The maximum Gasteiger partial charge on any atom is 0.309 e. The number of nitrogens with zero attached hydrogens (tertiary/aromatic N) is 2. The number of aryl methyl sites for hydroxylation is 1. The van der Waals surface area contributed by atoms with Gasteiger partial charge in [-0.3, -0.25) is 9.48 Å². The van der Waals surface area contributed by atoms with E-state index in [-0.39, 0.29) is 12.5 Å². The molecule has 0 aliphatic carbocycles. The highest BCUT2D eigenvalue weighted by atomic mass is 16.4. The molecule has 0 radical (unpaired) electrons. The number of hydrogen-bond acceptors (Lipinski definition) is 3. The zero-order valence-electron chi connectivity index (χ0n) is 11.3. The van der Waals surface area contributed by atoms with Gasteiger partial charge >= 0.3 is 5.97 Å². The molecule has 0 spiro atoms. The summed E-state index contributed by atoms with van der Waals surface area (Å²) in [5, 5.41) is 16.7. The van der Waals surface area contributed by atoms with Crippen LogP contribution in [0.15, 0.2) is 30.3 Å². The molecule has 0 amide bonds. The molecule has 3 rings (SSSR count). The first kappa shape index (κ1) is 12.9. The third-order valence-electron chi connectivity index (χ3n) is 3.70. The van der Waals surface area contributed by atoms with Crippen LogP contribution in [0.25, 0.3) is 0 Å². The van der Waals surface area contributed by atoms with Crippen molar-refractivity contribution in [3.05, 3.63) is 52.8 Å². The fraction of sp³-hybridized carbons (Fsp3) is 0.333. The van der Waals surface area contributed by atoms with Crippen LogP contribution in [0.2, 0.25) is 0 Å². The van der Waals surface area contributed by atoms with Gasteiger partial charge in [0.25, 0.3) is 0 Å². The van der Waals surface area contributed by atoms with Gasteiger partial charge in [-0.05, 0) is 23.6 Å². The minimum Gasteiger partial charge on any atom is -0.481 e. The summed E-state index contributed by atoms with van der Waals surface area (Å²) in [6.07, 6.45) is 0.981. The maximum absolute atomic E-state index is 10.8. The van der Waals surface area contributed by atoms with Crippen molar-refractivity contribution in [1.82, 2.24) is 15.1 Å². The van der Waals surface area contributed by atoms with Crippen LogP contribution in [0, 0.1) is 0 Å². The van der Waals surface area contributed by atoms with E-state index in [4.69, 9.17) is 5.11 Å². The largest absolute Gasteiger partial charge is 0.481 e. The third kappa shape index (κ3) is 2.32. The average molecular weight is 271 g/mol. The second-order valence-electron chi connectivity index (χ2n) is 5.09. The minimum absolute atomic E-state index is 0.0395. The first-order valence-electron chi connectivity index (χ1n) is 6.71. The van der Waals surface area contributed by atoms with E-state index in [9.17, 15) is 4.79 Å². The van der Waals surface area contributed by atoms with Crippen molar-refractivity contribution in [2.45, 2.75) is 18.9 Å². The highest BCUT2D eigenvalue weighted by Gasteiger charge is 2.24. The van der Waals surface area contributed by atoms with Crippen LogP contribution in [0.1, 0.15) is 28.6 Å². The van der Waals surface area contributed by atoms with Gasteiger partial charge < -0.3 is 10.4 Å². The zero-order valence-corrected chi connectivity index (χ0v) is 11.3. The van der Waals surface area contributed by atoms with Crippen molar-refractivity contribution in [2.24, 2.45) is 7.05 Å². The predicted molar refractivity (Wildman–Crippen MR) is 74.5 cm³/mol. The minimum atomic E-state index is -0.855. The second-order valence-corrected chi connectivity index (χ2v) is 5.09. The third-order valence-corrected chi connectivity index (χ3v) is 3.70. The van der Waals surface area contributed by atoms with Gasteiger partial charge in [-0.15, -0.1) is 0 Å². The quantitative estimate of drug-likeness (QED) is 0.882. The molecule has 2 N–H and O–H groups in total. The number of aliphatic carboxylic acids is 1. The number of carboxylic acid groups (broad SMARTS) is 1. The van der Waals surface area contributed by atoms with Crippen LogP contribution in [0.3, 0.4) is 0 Å². The van der Waals surface area contributed by atoms with Gasteiger partial charge in [0.15, 0.2) is 0 Å². The van der Waals surface area contributed by atoms with Gasteiger partial charge in [-0.25, -0.2) is 0 Å². The Balaban J connectivity index is 1.98. The van der Waals surface area contributed by atoms with E-state index in [1.807, 2.05) is 19.2 Å². The molecule has 20 heavy (non-hydrogen) atoms. The molecule has 0 bridgehead atoms. The van der Waals surface area contributed by atoms with Gasteiger partial charge in [0, 0.05) is 13.6 Å². The number of carboxylic acids is 1. The van der Waals surface area contributed by atoms with Gasteiger partial charge in [-0.2, -0.15) is 5.10 Å². The highest BCUT2D eigenvalue weighted by molar-refractivity contribution is 5.69. The number of rotatable bonds is 3. The van der Waals surface area contributed by atoms with Crippen LogP contribution in [-0.4, -0.2) is 27.4 Å². The molecule has 1 aromatic carbocycles. The monoisotopic (exact) mass is 271 g/mol. The van der Waals surface area contributed by atoms with Crippen molar-refractivity contribution >= 4 is 5.97 Å². The Labute approximate surface area is 117 Å². The Kier molecular flexibility index (Phi) is 3.28. The van der Waals surface area contributed by atoms with E-state index in [1.54, 1.807) is 4.68 Å². The highest BCUT2D eigenvalue weighted by Crippen LogP contribution is 2.28. The summed E-state index contributed by atoms with van der Waals surface area (Å²) in [5.74, 6) is -0.855. The van der Waals surface area contributed by atoms with Gasteiger partial charge in [0.05, 0.1) is 23.9 Å². The van der Waals surface area contributed by atoms with Crippen LogP contribution in [-0.2, 0) is 24.7 Å². The van der Waals surface area contributed by atoms with Crippen molar-refractivity contribution in [1.29, 1.82) is 0 Å². The molecule has 5 nitrogen and oxygen atoms in total. The topological polar surface area (TPSA) is 67.2 Å². The number of nitrogens with one attached hydrogen (secondary N) is 1. The Morgan fingerprint density at radius 1 is 1.50 bits per heavy atom. The lowest BCUT2D eigenvalue weighted by molar-refractivity contribution is -0.136. The van der Waals surface area contributed by atoms with E-state index in [1.165, 1.54) is 11.1 Å². The molecule has 1 aliphatic rings. The average Bonchev–Trinajstić information content (AvgIpc) is 2.78. The summed E-state index contributed by atoms with van der Waals surface area (Å²) < 4.78 is 1.78. The fourth-order valence-corrected chi connectivity index (χ4v) is 2.82. The Morgan fingerprint density at radius 2 is 2.30 bits per heavy atom. The molecule has 0 saturated carbocycles. The van der Waals surface area contributed by atoms with Crippen LogP contribution in [0.5, 0.6) is 0 Å². The van der Waals surface area contributed by atoms with Crippen LogP contribution in [0.4, 0.5) is 0 Å². The Bertz CT molecular complexity index is 648. The predicted octanol–water partition coefficient (Wildman–Crippen LogP) is 1.28. The smallest absolute Gasteiger partial charge is 0.309 e. The maximum atomic E-state index is 10.8. The van der Waals surface area contributed by atoms with E-state index >= 15 is 0 Å². The molecule has 5 heteroatoms. The zero-order chi connectivity index (χ0) is 14.1. The number of aromatic nitrogens is 2. The first-order valence-corrected chi connectivity index (χ1v) is 6.71. The molecule has 0 saturated heterocycles. The molecule has 2 aromatic rings. The Morgan fingerprint density at radius 3 is 3.10 bits per heavy atom. The van der Waals surface area contributed by atoms with Gasteiger partial charge in [0.2, 0.25) is 0 Å². The number of fused-ring (bicyclic) bond motifs is 1. The second kappa shape index (κ2) is 5.09. The molecule has 0 fully saturated rings. The lowest BCUT2D eigenvalue weighted by atomic mass is 9.92. The standard InChI is InChI=1S/C15H17N3O2/c1-18-13(8-11(17-18)9-14(19)20)15-12-5-3-2-4-10(12)6-7-16-15/h2-5,8,15-16H,6-7,9H2,1H3,(H,19,20). The van der Waals surface area contributed by atoms with Crippen molar-refractivity contribution in [2.75, 3.05) is 6.54 Å². The van der Waals surface area contributed by atoms with Crippen molar-refractivity contribution in [3.8, 4) is 0 Å². The van der Waals surface area contributed by atoms with Gasteiger partial charge in [-0.1, -0.05) is 24.3 Å². The molecule has 1 unspecified atom stereocenters. The molecule has 1 atom stereocenters. The number of benzene rings is 1. The Hall–Kier alpha value is -2.14. The molecule has 1 aromatic heterocycles. The van der Waals surface area contributed by atoms with Crippen LogP contribution >= 0.6 is 0 Å². The van der Waals surface area contributed by atoms with E-state index in [0.29, 0.717) is 5.69 Å². The molecular formula is C15H17N3O2. The molecule has 2 heterocycles. The summed E-state index contributed by atoms with van der Waals surface area (Å²) in [6, 6.07) is 10.3. The molecular weight excluding hydrogens is 254 g/mol. The van der Waals surface area contributed by atoms with Crippen LogP contribution < -0.4 is 5.32 Å². The lowest BCUT2D eigenvalue weighted by Gasteiger charge is -2.26. The molecule has 1 aliphatic heterocycles. The summed E-state index contributed by atoms with van der Waals surface area (Å²) in [5.41, 5.74) is 4.20. The summed E-state index contributed by atoms with van der Waals surface area (Å²) >= 11 is 0. The van der Waals surface area contributed by atoms with Crippen molar-refractivity contribution < 1.29 is 9.90 Å². The number of carbonyl (C=O) groups is 1. The summed E-state index contributed by atoms with van der Waals surface area (Å²) in [7, 11) is 1.86. The fourth-order valence-electron chi connectivity index (χ4n) is 2.82. The SMILES string of the molecule is Cn1nc(CC(=O)O)cc1C1NCCc2ccccc21. The van der Waals surface area contributed by atoms with Crippen molar-refractivity contribution in [3.63, 3.8) is 0 Å². The van der Waals surface area contributed by atoms with E-state index in [0.717, 1.165) is 18.7 Å². The summed E-state index contributed by atoms with van der Waals surface area (Å²) in [6.45, 7) is 0.918. The lowest BCUT2D eigenvalue weighted by Crippen LogP contribution is -2.31. The van der Waals surface area contributed by atoms with E-state index in [2.05, 4.69) is 28.6 Å². The number of hydrogen-bond donors (Lipinski definition) is 2.